The zero-order valence-electron chi connectivity index (χ0n) is 12.6. The van der Waals surface area contributed by atoms with Crippen LogP contribution in [0.25, 0.3) is 0 Å². The van der Waals surface area contributed by atoms with Gasteiger partial charge in [-0.05, 0) is 48.9 Å². The van der Waals surface area contributed by atoms with Crippen molar-refractivity contribution >= 4 is 29.1 Å². The topological polar surface area (TPSA) is 63.7 Å². The summed E-state index contributed by atoms with van der Waals surface area (Å²) >= 11 is 1.66. The Labute approximate surface area is 137 Å². The first kappa shape index (κ1) is 15.4. The fraction of sp³-hybridized carbons (Fsp3) is 0.235. The Morgan fingerprint density at radius 3 is 2.35 bits per heavy atom. The smallest absolute Gasteiger partial charge is 0.330 e. The van der Waals surface area contributed by atoms with Gasteiger partial charge >= 0.3 is 5.97 Å². The van der Waals surface area contributed by atoms with E-state index in [1.807, 2.05) is 18.4 Å². The Morgan fingerprint density at radius 1 is 1.13 bits per heavy atom. The first-order valence-corrected chi connectivity index (χ1v) is 8.17. The molecule has 3 rings (SSSR count). The number of rotatable bonds is 5. The van der Waals surface area contributed by atoms with Crippen LogP contribution in [0.5, 0.6) is 0 Å². The molecule has 0 saturated heterocycles. The lowest BCUT2D eigenvalue weighted by atomic mass is 10.1. The zero-order chi connectivity index (χ0) is 16.4. The molecule has 0 atom stereocenters. The molecule has 1 aliphatic rings. The van der Waals surface area contributed by atoms with E-state index in [4.69, 9.17) is 4.84 Å². The van der Waals surface area contributed by atoms with Gasteiger partial charge in [0.15, 0.2) is 0 Å². The highest BCUT2D eigenvalue weighted by Crippen LogP contribution is 2.23. The largest absolute Gasteiger partial charge is 0.333 e. The number of hydroxylamine groups is 2. The quantitative estimate of drug-likeness (QED) is 0.791. The van der Waals surface area contributed by atoms with Crippen LogP contribution >= 0.6 is 11.3 Å². The predicted octanol–water partition coefficient (Wildman–Crippen LogP) is 3.13. The number of hydrogen-bond donors (Lipinski definition) is 0. The molecule has 0 aliphatic carbocycles. The number of nitrogens with zero attached hydrogens (tertiary/aromatic N) is 1. The van der Waals surface area contributed by atoms with Crippen molar-refractivity contribution in [3.63, 3.8) is 0 Å². The molecule has 118 valence electrons. The zero-order valence-corrected chi connectivity index (χ0v) is 13.4. The summed E-state index contributed by atoms with van der Waals surface area (Å²) in [6.07, 6.45) is 1.55. The number of imide groups is 1. The van der Waals surface area contributed by atoms with E-state index in [0.717, 1.165) is 6.42 Å². The number of benzene rings is 1. The standard InChI is InChI=1S/C17H15NO4S/c1-11-9-10-23-14(11)7-4-8-15(19)22-18-16(20)12-5-2-3-6-13(12)17(18)21/h2-3,5-6,9-10H,4,7-8H2,1H3. The third kappa shape index (κ3) is 3.03. The summed E-state index contributed by atoms with van der Waals surface area (Å²) in [6.45, 7) is 2.03. The predicted molar refractivity (Wildman–Crippen MR) is 85.0 cm³/mol. The Hall–Kier alpha value is -2.47. The van der Waals surface area contributed by atoms with Crippen LogP contribution in [-0.2, 0) is 16.1 Å². The fourth-order valence-corrected chi connectivity index (χ4v) is 3.40. The van der Waals surface area contributed by atoms with Crippen molar-refractivity contribution in [1.29, 1.82) is 0 Å². The van der Waals surface area contributed by atoms with E-state index in [2.05, 4.69) is 0 Å². The molecule has 2 aromatic rings. The van der Waals surface area contributed by atoms with Gasteiger partial charge in [0.1, 0.15) is 0 Å². The molecule has 1 aromatic heterocycles. The Bertz CT molecular complexity index is 745. The lowest BCUT2D eigenvalue weighted by Gasteiger charge is -2.12. The highest BCUT2D eigenvalue weighted by atomic mass is 32.1. The second-order valence-electron chi connectivity index (χ2n) is 5.29. The number of hydrogen-bond acceptors (Lipinski definition) is 5. The monoisotopic (exact) mass is 329 g/mol. The maximum absolute atomic E-state index is 12.1. The molecule has 0 N–H and O–H groups in total. The van der Waals surface area contributed by atoms with E-state index in [0.29, 0.717) is 11.5 Å². The number of carbonyl (C=O) groups excluding carboxylic acids is 3. The Kier molecular flexibility index (Phi) is 4.25. The highest BCUT2D eigenvalue weighted by molar-refractivity contribution is 7.10. The molecule has 5 nitrogen and oxygen atoms in total. The van der Waals surface area contributed by atoms with Crippen LogP contribution in [0.3, 0.4) is 0 Å². The van der Waals surface area contributed by atoms with Crippen LogP contribution in [0, 0.1) is 6.92 Å². The van der Waals surface area contributed by atoms with Gasteiger partial charge < -0.3 is 4.84 Å². The van der Waals surface area contributed by atoms with E-state index < -0.39 is 17.8 Å². The van der Waals surface area contributed by atoms with Gasteiger partial charge in [0.2, 0.25) is 0 Å². The number of aryl methyl sites for hydroxylation is 2. The molecular weight excluding hydrogens is 314 g/mol. The second-order valence-corrected chi connectivity index (χ2v) is 6.29. The molecule has 0 bridgehead atoms. The molecule has 2 heterocycles. The van der Waals surface area contributed by atoms with Gasteiger partial charge in [-0.1, -0.05) is 17.2 Å². The van der Waals surface area contributed by atoms with Gasteiger partial charge in [-0.2, -0.15) is 0 Å². The molecule has 6 heteroatoms. The second kappa shape index (κ2) is 6.34. The number of amides is 2. The lowest BCUT2D eigenvalue weighted by Crippen LogP contribution is -2.32. The maximum atomic E-state index is 12.1. The first-order valence-electron chi connectivity index (χ1n) is 7.29. The van der Waals surface area contributed by atoms with Crippen LogP contribution in [-0.4, -0.2) is 22.8 Å². The van der Waals surface area contributed by atoms with Crippen molar-refractivity contribution in [2.45, 2.75) is 26.2 Å². The third-order valence-corrected chi connectivity index (χ3v) is 4.79. The van der Waals surface area contributed by atoms with Crippen LogP contribution in [0.2, 0.25) is 0 Å². The molecule has 0 radical (unpaired) electrons. The SMILES string of the molecule is Cc1ccsc1CCCC(=O)ON1C(=O)c2ccccc2C1=O. The summed E-state index contributed by atoms with van der Waals surface area (Å²) in [5, 5.41) is 2.57. The first-order chi connectivity index (χ1) is 11.1. The fourth-order valence-electron chi connectivity index (χ4n) is 2.45. The van der Waals surface area contributed by atoms with Gasteiger partial charge in [0, 0.05) is 11.3 Å². The van der Waals surface area contributed by atoms with Crippen molar-refractivity contribution in [2.75, 3.05) is 0 Å². The average Bonchev–Trinajstić information content (AvgIpc) is 3.05. The summed E-state index contributed by atoms with van der Waals surface area (Å²) < 4.78 is 0. The number of fused-ring (bicyclic) bond motifs is 1. The minimum atomic E-state index is -0.590. The van der Waals surface area contributed by atoms with E-state index in [1.165, 1.54) is 10.4 Å². The summed E-state index contributed by atoms with van der Waals surface area (Å²) in [7, 11) is 0. The van der Waals surface area contributed by atoms with Gasteiger partial charge in [-0.15, -0.1) is 11.3 Å². The number of thiophene rings is 1. The normalized spacial score (nSPS) is 13.3. The molecular formula is C17H15NO4S. The molecule has 1 aliphatic heterocycles. The molecule has 0 saturated carbocycles. The molecule has 2 amide bonds. The molecule has 23 heavy (non-hydrogen) atoms. The van der Waals surface area contributed by atoms with Crippen LogP contribution < -0.4 is 0 Å². The van der Waals surface area contributed by atoms with E-state index in [-0.39, 0.29) is 17.5 Å². The average molecular weight is 329 g/mol. The van der Waals surface area contributed by atoms with Crippen LogP contribution in [0.15, 0.2) is 35.7 Å². The van der Waals surface area contributed by atoms with Crippen molar-refractivity contribution in [2.24, 2.45) is 0 Å². The highest BCUT2D eigenvalue weighted by Gasteiger charge is 2.38. The summed E-state index contributed by atoms with van der Waals surface area (Å²) in [4.78, 5) is 42.2. The minimum Gasteiger partial charge on any atom is -0.330 e. The van der Waals surface area contributed by atoms with E-state index in [9.17, 15) is 14.4 Å². The molecule has 0 spiro atoms. The van der Waals surface area contributed by atoms with Crippen LogP contribution in [0.4, 0.5) is 0 Å². The van der Waals surface area contributed by atoms with Crippen molar-refractivity contribution < 1.29 is 19.2 Å². The van der Waals surface area contributed by atoms with Gasteiger partial charge in [0.25, 0.3) is 11.8 Å². The molecule has 0 fully saturated rings. The van der Waals surface area contributed by atoms with Crippen molar-refractivity contribution in [1.82, 2.24) is 5.06 Å². The number of carbonyl (C=O) groups is 3. The summed E-state index contributed by atoms with van der Waals surface area (Å²) in [5.74, 6) is -1.75. The third-order valence-electron chi connectivity index (χ3n) is 3.70. The minimum absolute atomic E-state index is 0.157. The van der Waals surface area contributed by atoms with Crippen molar-refractivity contribution in [3.8, 4) is 0 Å². The molecule has 0 unspecified atom stereocenters. The van der Waals surface area contributed by atoms with Gasteiger partial charge in [0.05, 0.1) is 11.1 Å². The Morgan fingerprint density at radius 2 is 1.78 bits per heavy atom. The van der Waals surface area contributed by atoms with Crippen LogP contribution in [0.1, 0.15) is 44.0 Å². The summed E-state index contributed by atoms with van der Waals surface area (Å²) in [6, 6.07) is 8.46. The van der Waals surface area contributed by atoms with E-state index in [1.54, 1.807) is 35.6 Å². The van der Waals surface area contributed by atoms with Gasteiger partial charge in [-0.25, -0.2) is 4.79 Å². The Balaban J connectivity index is 1.56. The lowest BCUT2D eigenvalue weighted by molar-refractivity contribution is -0.168. The van der Waals surface area contributed by atoms with Crippen molar-refractivity contribution in [3.05, 3.63) is 57.3 Å². The van der Waals surface area contributed by atoms with Gasteiger partial charge in [-0.3, -0.25) is 9.59 Å². The maximum Gasteiger partial charge on any atom is 0.333 e. The van der Waals surface area contributed by atoms with E-state index >= 15 is 0 Å². The molecule has 1 aromatic carbocycles. The summed E-state index contributed by atoms with van der Waals surface area (Å²) in [5.41, 5.74) is 1.74.